The molecule has 5 nitrogen and oxygen atoms in total. The van der Waals surface area contributed by atoms with Crippen LogP contribution in [0.5, 0.6) is 0 Å². The van der Waals surface area contributed by atoms with E-state index < -0.39 is 0 Å². The summed E-state index contributed by atoms with van der Waals surface area (Å²) in [6.45, 7) is 2.66. The Kier molecular flexibility index (Phi) is 3.05. The molecule has 3 aromatic rings. The van der Waals surface area contributed by atoms with Crippen molar-refractivity contribution in [3.63, 3.8) is 0 Å². The van der Waals surface area contributed by atoms with E-state index >= 15 is 0 Å². The molecule has 0 aliphatic heterocycles. The third-order valence-corrected chi connectivity index (χ3v) is 3.03. The lowest BCUT2D eigenvalue weighted by atomic mass is 10.2. The summed E-state index contributed by atoms with van der Waals surface area (Å²) in [5, 5.41) is 8.63. The van der Waals surface area contributed by atoms with Gasteiger partial charge >= 0.3 is 0 Å². The van der Waals surface area contributed by atoms with E-state index in [1.165, 1.54) is 0 Å². The predicted molar refractivity (Wildman–Crippen MR) is 71.6 cm³/mol. The zero-order chi connectivity index (χ0) is 13.2. The minimum Gasteiger partial charge on any atom is -0.332 e. The highest BCUT2D eigenvalue weighted by atomic mass is 35.5. The molecule has 3 rings (SSSR count). The Morgan fingerprint density at radius 1 is 1.26 bits per heavy atom. The summed E-state index contributed by atoms with van der Waals surface area (Å²) < 4.78 is 7.01. The molecule has 2 aromatic heterocycles. The minimum atomic E-state index is 0.378. The molecule has 0 amide bonds. The number of hydrogen-bond acceptors (Lipinski definition) is 4. The van der Waals surface area contributed by atoms with E-state index in [9.17, 15) is 0 Å². The lowest BCUT2D eigenvalue weighted by Crippen LogP contribution is -1.99. The van der Waals surface area contributed by atoms with Gasteiger partial charge < -0.3 is 4.52 Å². The Hall–Kier alpha value is -2.14. The molecule has 0 N–H and O–H groups in total. The second-order valence-corrected chi connectivity index (χ2v) is 4.35. The monoisotopic (exact) mass is 274 g/mol. The van der Waals surface area contributed by atoms with Gasteiger partial charge in [0, 0.05) is 12.1 Å². The molecule has 0 unspecified atom stereocenters. The van der Waals surface area contributed by atoms with Crippen molar-refractivity contribution in [3.8, 4) is 23.0 Å². The zero-order valence-electron chi connectivity index (χ0n) is 10.2. The van der Waals surface area contributed by atoms with Gasteiger partial charge in [0.1, 0.15) is 5.69 Å². The molecule has 0 atom stereocenters. The largest absolute Gasteiger partial charge is 0.332 e. The minimum absolute atomic E-state index is 0.378. The van der Waals surface area contributed by atoms with E-state index in [2.05, 4.69) is 15.2 Å². The van der Waals surface area contributed by atoms with Crippen molar-refractivity contribution in [2.24, 2.45) is 0 Å². The van der Waals surface area contributed by atoms with Crippen LogP contribution in [-0.2, 0) is 6.54 Å². The van der Waals surface area contributed by atoms with Gasteiger partial charge in [-0.05, 0) is 6.92 Å². The van der Waals surface area contributed by atoms with Crippen molar-refractivity contribution in [3.05, 3.63) is 41.6 Å². The molecule has 1 aromatic carbocycles. The van der Waals surface area contributed by atoms with Crippen molar-refractivity contribution in [1.82, 2.24) is 19.9 Å². The van der Waals surface area contributed by atoms with Crippen LogP contribution >= 0.6 is 11.6 Å². The second kappa shape index (κ2) is 4.85. The van der Waals surface area contributed by atoms with Crippen LogP contribution in [-0.4, -0.2) is 19.9 Å². The van der Waals surface area contributed by atoms with Crippen LogP contribution in [0.15, 0.2) is 41.1 Å². The first-order valence-electron chi connectivity index (χ1n) is 5.90. The van der Waals surface area contributed by atoms with Gasteiger partial charge in [0.05, 0.1) is 11.2 Å². The highest BCUT2D eigenvalue weighted by Crippen LogP contribution is 2.28. The Balaban J connectivity index is 2.04. The molecule has 0 saturated heterocycles. The van der Waals surface area contributed by atoms with E-state index in [0.29, 0.717) is 29.0 Å². The molecule has 0 aliphatic rings. The Bertz CT molecular complexity index is 690. The van der Waals surface area contributed by atoms with E-state index in [4.69, 9.17) is 16.1 Å². The SMILES string of the molecule is CCn1ncc(Cl)c1-c1nc(-c2ccccc2)no1. The van der Waals surface area contributed by atoms with Gasteiger partial charge in [-0.3, -0.25) is 4.68 Å². The topological polar surface area (TPSA) is 56.7 Å². The highest BCUT2D eigenvalue weighted by Gasteiger charge is 2.18. The molecular weight excluding hydrogens is 264 g/mol. The van der Waals surface area contributed by atoms with Crippen LogP contribution in [0, 0.1) is 0 Å². The van der Waals surface area contributed by atoms with Gasteiger partial charge in [0.15, 0.2) is 0 Å². The number of hydrogen-bond donors (Lipinski definition) is 0. The summed E-state index contributed by atoms with van der Waals surface area (Å²) >= 11 is 6.10. The van der Waals surface area contributed by atoms with Crippen molar-refractivity contribution in [2.45, 2.75) is 13.5 Å². The first-order chi connectivity index (χ1) is 9.29. The third kappa shape index (κ3) is 2.13. The van der Waals surface area contributed by atoms with Gasteiger partial charge in [-0.25, -0.2) is 0 Å². The molecule has 96 valence electrons. The molecule has 0 radical (unpaired) electrons. The van der Waals surface area contributed by atoms with Crippen molar-refractivity contribution >= 4 is 11.6 Å². The van der Waals surface area contributed by atoms with Gasteiger partial charge in [0.25, 0.3) is 5.89 Å². The summed E-state index contributed by atoms with van der Waals surface area (Å²) in [7, 11) is 0. The third-order valence-electron chi connectivity index (χ3n) is 2.75. The average Bonchev–Trinajstić information content (AvgIpc) is 3.05. The molecule has 0 bridgehead atoms. The van der Waals surface area contributed by atoms with Crippen LogP contribution < -0.4 is 0 Å². The summed E-state index contributed by atoms with van der Waals surface area (Å²) in [4.78, 5) is 4.37. The fourth-order valence-electron chi connectivity index (χ4n) is 1.84. The lowest BCUT2D eigenvalue weighted by molar-refractivity contribution is 0.427. The van der Waals surface area contributed by atoms with Crippen molar-refractivity contribution < 1.29 is 4.52 Å². The molecule has 0 spiro atoms. The smallest absolute Gasteiger partial charge is 0.278 e. The number of halogens is 1. The number of benzene rings is 1. The Labute approximate surface area is 114 Å². The maximum Gasteiger partial charge on any atom is 0.278 e. The Morgan fingerprint density at radius 2 is 2.05 bits per heavy atom. The van der Waals surface area contributed by atoms with E-state index in [-0.39, 0.29) is 0 Å². The fourth-order valence-corrected chi connectivity index (χ4v) is 2.06. The van der Waals surface area contributed by atoms with Crippen LogP contribution in [0.3, 0.4) is 0 Å². The molecule has 19 heavy (non-hydrogen) atoms. The van der Waals surface area contributed by atoms with Crippen LogP contribution in [0.25, 0.3) is 23.0 Å². The van der Waals surface area contributed by atoms with Gasteiger partial charge in [0.2, 0.25) is 5.82 Å². The maximum absolute atomic E-state index is 6.10. The van der Waals surface area contributed by atoms with Gasteiger partial charge in [-0.1, -0.05) is 47.1 Å². The number of aryl methyl sites for hydroxylation is 1. The summed E-state index contributed by atoms with van der Waals surface area (Å²) in [5.41, 5.74) is 1.55. The van der Waals surface area contributed by atoms with Gasteiger partial charge in [-0.15, -0.1) is 0 Å². The van der Waals surface area contributed by atoms with Crippen LogP contribution in [0.4, 0.5) is 0 Å². The highest BCUT2D eigenvalue weighted by molar-refractivity contribution is 6.32. The van der Waals surface area contributed by atoms with Crippen molar-refractivity contribution in [2.75, 3.05) is 0 Å². The predicted octanol–water partition coefficient (Wildman–Crippen LogP) is 3.27. The summed E-state index contributed by atoms with van der Waals surface area (Å²) in [5.74, 6) is 0.915. The maximum atomic E-state index is 6.10. The molecule has 0 saturated carbocycles. The zero-order valence-corrected chi connectivity index (χ0v) is 11.0. The molecule has 2 heterocycles. The molecule has 6 heteroatoms. The van der Waals surface area contributed by atoms with Crippen molar-refractivity contribution in [1.29, 1.82) is 0 Å². The first kappa shape index (κ1) is 11.9. The van der Waals surface area contributed by atoms with Crippen LogP contribution in [0.1, 0.15) is 6.92 Å². The lowest BCUT2D eigenvalue weighted by Gasteiger charge is -1.99. The van der Waals surface area contributed by atoms with E-state index in [1.807, 2.05) is 37.3 Å². The average molecular weight is 275 g/mol. The first-order valence-corrected chi connectivity index (χ1v) is 6.28. The molecular formula is C13H11ClN4O. The second-order valence-electron chi connectivity index (χ2n) is 3.95. The summed E-state index contributed by atoms with van der Waals surface area (Å²) in [6.07, 6.45) is 1.58. The van der Waals surface area contributed by atoms with Gasteiger partial charge in [-0.2, -0.15) is 10.1 Å². The van der Waals surface area contributed by atoms with E-state index in [1.54, 1.807) is 10.9 Å². The number of nitrogens with zero attached hydrogens (tertiary/aromatic N) is 4. The summed E-state index contributed by atoms with van der Waals surface area (Å²) in [6, 6.07) is 9.64. The standard InChI is InChI=1S/C13H11ClN4O/c1-2-18-11(10(14)8-15-18)13-16-12(17-19-13)9-6-4-3-5-7-9/h3-8H,2H2,1H3. The molecule has 0 fully saturated rings. The van der Waals surface area contributed by atoms with E-state index in [0.717, 1.165) is 5.56 Å². The normalized spacial score (nSPS) is 10.8. The molecule has 0 aliphatic carbocycles. The Morgan fingerprint density at radius 3 is 2.79 bits per heavy atom. The fraction of sp³-hybridized carbons (Fsp3) is 0.154. The number of rotatable bonds is 3. The quantitative estimate of drug-likeness (QED) is 0.735. The number of aromatic nitrogens is 4. The van der Waals surface area contributed by atoms with Crippen LogP contribution in [0.2, 0.25) is 5.02 Å².